The molecule has 0 atom stereocenters. The standard InChI is InChI=1S/C14H17NO2S/c1-11-3-2-4-13(9-11)18-10-14(17)15-7-5-12(16)6-8-15/h2-4,9H,5-8,10H2,1H3. The van der Waals surface area contributed by atoms with Gasteiger partial charge in [-0.05, 0) is 19.1 Å². The van der Waals surface area contributed by atoms with Crippen LogP contribution in [0.4, 0.5) is 0 Å². The maximum Gasteiger partial charge on any atom is 0.232 e. The summed E-state index contributed by atoms with van der Waals surface area (Å²) in [4.78, 5) is 26.0. The molecule has 4 heteroatoms. The highest BCUT2D eigenvalue weighted by Crippen LogP contribution is 2.20. The minimum Gasteiger partial charge on any atom is -0.341 e. The van der Waals surface area contributed by atoms with Crippen LogP contribution in [0.2, 0.25) is 0 Å². The van der Waals surface area contributed by atoms with Crippen molar-refractivity contribution in [2.75, 3.05) is 18.8 Å². The van der Waals surface area contributed by atoms with Crippen molar-refractivity contribution in [2.45, 2.75) is 24.7 Å². The average Bonchev–Trinajstić information content (AvgIpc) is 2.37. The topological polar surface area (TPSA) is 37.4 Å². The molecule has 1 heterocycles. The van der Waals surface area contributed by atoms with Gasteiger partial charge >= 0.3 is 0 Å². The van der Waals surface area contributed by atoms with Crippen LogP contribution in [0, 0.1) is 6.92 Å². The molecule has 1 aromatic carbocycles. The van der Waals surface area contributed by atoms with Gasteiger partial charge in [0.05, 0.1) is 5.75 Å². The number of hydrogen-bond donors (Lipinski definition) is 0. The maximum atomic E-state index is 12.0. The van der Waals surface area contributed by atoms with Crippen molar-refractivity contribution >= 4 is 23.5 Å². The molecule has 18 heavy (non-hydrogen) atoms. The summed E-state index contributed by atoms with van der Waals surface area (Å²) in [5.41, 5.74) is 1.20. The van der Waals surface area contributed by atoms with Crippen LogP contribution in [0.25, 0.3) is 0 Å². The second kappa shape index (κ2) is 6.05. The van der Waals surface area contributed by atoms with Gasteiger partial charge < -0.3 is 4.90 Å². The summed E-state index contributed by atoms with van der Waals surface area (Å²) in [6.07, 6.45) is 1.03. The van der Waals surface area contributed by atoms with Crippen molar-refractivity contribution in [1.82, 2.24) is 4.90 Å². The smallest absolute Gasteiger partial charge is 0.232 e. The molecule has 0 N–H and O–H groups in total. The molecule has 0 aromatic heterocycles. The highest BCUT2D eigenvalue weighted by molar-refractivity contribution is 8.00. The highest BCUT2D eigenvalue weighted by atomic mass is 32.2. The Hall–Kier alpha value is -1.29. The second-order valence-electron chi connectivity index (χ2n) is 4.52. The van der Waals surface area contributed by atoms with Crippen molar-refractivity contribution in [3.8, 4) is 0 Å². The zero-order chi connectivity index (χ0) is 13.0. The first-order valence-corrected chi connectivity index (χ1v) is 7.12. The lowest BCUT2D eigenvalue weighted by Crippen LogP contribution is -2.39. The first-order chi connectivity index (χ1) is 8.65. The van der Waals surface area contributed by atoms with Gasteiger partial charge in [0, 0.05) is 30.8 Å². The van der Waals surface area contributed by atoms with Crippen LogP contribution in [0.3, 0.4) is 0 Å². The van der Waals surface area contributed by atoms with E-state index in [1.165, 1.54) is 5.56 Å². The Morgan fingerprint density at radius 1 is 1.33 bits per heavy atom. The number of thioether (sulfide) groups is 1. The fourth-order valence-corrected chi connectivity index (χ4v) is 2.86. The Balaban J connectivity index is 1.83. The van der Waals surface area contributed by atoms with E-state index in [4.69, 9.17) is 0 Å². The normalized spacial score (nSPS) is 15.8. The number of aryl methyl sites for hydroxylation is 1. The van der Waals surface area contributed by atoms with Crippen molar-refractivity contribution in [1.29, 1.82) is 0 Å². The van der Waals surface area contributed by atoms with E-state index in [0.29, 0.717) is 31.7 Å². The highest BCUT2D eigenvalue weighted by Gasteiger charge is 2.20. The first kappa shape index (κ1) is 13.1. The van der Waals surface area contributed by atoms with Crippen LogP contribution in [0.15, 0.2) is 29.2 Å². The van der Waals surface area contributed by atoms with Crippen molar-refractivity contribution in [3.63, 3.8) is 0 Å². The number of carbonyl (C=O) groups is 2. The zero-order valence-electron chi connectivity index (χ0n) is 10.5. The summed E-state index contributed by atoms with van der Waals surface area (Å²) in [5.74, 6) is 0.858. The summed E-state index contributed by atoms with van der Waals surface area (Å²) in [5, 5.41) is 0. The third kappa shape index (κ3) is 3.60. The minimum absolute atomic E-state index is 0.133. The number of likely N-dealkylation sites (tertiary alicyclic amines) is 1. The van der Waals surface area contributed by atoms with Crippen molar-refractivity contribution in [2.24, 2.45) is 0 Å². The number of Topliss-reactive ketones (excluding diaryl/α,β-unsaturated/α-hetero) is 1. The van der Waals surface area contributed by atoms with Crippen LogP contribution in [0.1, 0.15) is 18.4 Å². The number of ketones is 1. The average molecular weight is 263 g/mol. The van der Waals surface area contributed by atoms with Crippen LogP contribution in [0.5, 0.6) is 0 Å². The number of amides is 1. The Labute approximate surface area is 112 Å². The molecule has 0 saturated carbocycles. The molecule has 1 saturated heterocycles. The van der Waals surface area contributed by atoms with E-state index in [0.717, 1.165) is 4.90 Å². The summed E-state index contributed by atoms with van der Waals surface area (Å²) >= 11 is 1.56. The number of hydrogen-bond acceptors (Lipinski definition) is 3. The molecule has 0 radical (unpaired) electrons. The van der Waals surface area contributed by atoms with Gasteiger partial charge in [0.15, 0.2) is 0 Å². The SMILES string of the molecule is Cc1cccc(SCC(=O)N2CCC(=O)CC2)c1. The van der Waals surface area contributed by atoms with E-state index in [1.807, 2.05) is 25.1 Å². The quantitative estimate of drug-likeness (QED) is 0.785. The van der Waals surface area contributed by atoms with Gasteiger partial charge in [0.25, 0.3) is 0 Å². The van der Waals surface area contributed by atoms with Crippen LogP contribution < -0.4 is 0 Å². The zero-order valence-corrected chi connectivity index (χ0v) is 11.3. The van der Waals surface area contributed by atoms with Gasteiger partial charge in [-0.25, -0.2) is 0 Å². The van der Waals surface area contributed by atoms with Gasteiger partial charge in [-0.1, -0.05) is 17.7 Å². The van der Waals surface area contributed by atoms with E-state index in [9.17, 15) is 9.59 Å². The molecular formula is C14H17NO2S. The minimum atomic E-state index is 0.133. The molecule has 96 valence electrons. The largest absolute Gasteiger partial charge is 0.341 e. The van der Waals surface area contributed by atoms with Gasteiger partial charge in [-0.2, -0.15) is 0 Å². The van der Waals surface area contributed by atoms with Gasteiger partial charge in [0.2, 0.25) is 5.91 Å². The molecule has 0 bridgehead atoms. The predicted octanol–water partition coefficient (Wildman–Crippen LogP) is 2.28. The van der Waals surface area contributed by atoms with E-state index in [2.05, 4.69) is 6.07 Å². The number of nitrogens with zero attached hydrogens (tertiary/aromatic N) is 1. The number of piperidine rings is 1. The van der Waals surface area contributed by atoms with Crippen molar-refractivity contribution in [3.05, 3.63) is 29.8 Å². The molecule has 1 fully saturated rings. The molecule has 0 unspecified atom stereocenters. The van der Waals surface area contributed by atoms with Gasteiger partial charge in [0.1, 0.15) is 5.78 Å². The molecule has 3 nitrogen and oxygen atoms in total. The molecule has 2 rings (SSSR count). The summed E-state index contributed by atoms with van der Waals surface area (Å²) < 4.78 is 0. The first-order valence-electron chi connectivity index (χ1n) is 6.14. The van der Waals surface area contributed by atoms with Gasteiger partial charge in [-0.15, -0.1) is 11.8 Å². The Morgan fingerprint density at radius 2 is 2.06 bits per heavy atom. The van der Waals surface area contributed by atoms with Crippen LogP contribution in [-0.4, -0.2) is 35.4 Å². The lowest BCUT2D eigenvalue weighted by Gasteiger charge is -2.25. The Bertz CT molecular complexity index is 449. The fraction of sp³-hybridized carbons (Fsp3) is 0.429. The molecular weight excluding hydrogens is 246 g/mol. The molecule has 1 amide bonds. The summed E-state index contributed by atoms with van der Waals surface area (Å²) in [6.45, 7) is 3.22. The third-order valence-electron chi connectivity index (χ3n) is 3.03. The number of benzene rings is 1. The lowest BCUT2D eigenvalue weighted by atomic mass is 10.1. The Kier molecular flexibility index (Phi) is 4.42. The van der Waals surface area contributed by atoms with Crippen LogP contribution in [-0.2, 0) is 9.59 Å². The monoisotopic (exact) mass is 263 g/mol. The maximum absolute atomic E-state index is 12.0. The summed E-state index contributed by atoms with van der Waals surface area (Å²) in [7, 11) is 0. The molecule has 0 aliphatic carbocycles. The fourth-order valence-electron chi connectivity index (χ4n) is 1.95. The Morgan fingerprint density at radius 3 is 2.72 bits per heavy atom. The summed E-state index contributed by atoms with van der Waals surface area (Å²) in [6, 6.07) is 8.15. The number of carbonyl (C=O) groups excluding carboxylic acids is 2. The molecule has 0 spiro atoms. The second-order valence-corrected chi connectivity index (χ2v) is 5.57. The van der Waals surface area contributed by atoms with Crippen molar-refractivity contribution < 1.29 is 9.59 Å². The van der Waals surface area contributed by atoms with E-state index in [-0.39, 0.29) is 11.7 Å². The van der Waals surface area contributed by atoms with E-state index >= 15 is 0 Å². The predicted molar refractivity (Wildman–Crippen MR) is 72.7 cm³/mol. The molecule has 1 aliphatic rings. The van der Waals surface area contributed by atoms with E-state index < -0.39 is 0 Å². The molecule has 1 aromatic rings. The molecule has 1 aliphatic heterocycles. The lowest BCUT2D eigenvalue weighted by molar-refractivity contribution is -0.132. The third-order valence-corrected chi connectivity index (χ3v) is 4.00. The van der Waals surface area contributed by atoms with Crippen LogP contribution >= 0.6 is 11.8 Å². The number of rotatable bonds is 3. The van der Waals surface area contributed by atoms with Gasteiger partial charge in [-0.3, -0.25) is 9.59 Å². The van der Waals surface area contributed by atoms with E-state index in [1.54, 1.807) is 16.7 Å².